The fourth-order valence-electron chi connectivity index (χ4n) is 2.44. The molecular weight excluding hydrogens is 388 g/mol. The Morgan fingerprint density at radius 1 is 1.19 bits per heavy atom. The lowest BCUT2D eigenvalue weighted by Crippen LogP contribution is -2.14. The van der Waals surface area contributed by atoms with Crippen LogP contribution in [0.5, 0.6) is 0 Å². The average molecular weight is 409 g/mol. The van der Waals surface area contributed by atoms with Crippen LogP contribution in [0.2, 0.25) is 5.02 Å². The zero-order valence-corrected chi connectivity index (χ0v) is 16.9. The van der Waals surface area contributed by atoms with E-state index in [-0.39, 0.29) is 24.0 Å². The second-order valence-corrected chi connectivity index (χ2v) is 7.20. The molecule has 2 N–H and O–H groups in total. The van der Waals surface area contributed by atoms with Gasteiger partial charge in [-0.3, -0.25) is 9.59 Å². The SMILES string of the molecule is CCCC(=O)Nc1sc(C(=O)Nc2cccc(Cl)c2)c(C)c1C(=O)OCC. The van der Waals surface area contributed by atoms with Gasteiger partial charge >= 0.3 is 5.97 Å². The molecule has 8 heteroatoms. The first-order chi connectivity index (χ1) is 12.9. The molecule has 1 heterocycles. The predicted octanol–water partition coefficient (Wildman–Crippen LogP) is 4.88. The van der Waals surface area contributed by atoms with Gasteiger partial charge < -0.3 is 15.4 Å². The minimum atomic E-state index is -0.570. The lowest BCUT2D eigenvalue weighted by Gasteiger charge is -2.06. The summed E-state index contributed by atoms with van der Waals surface area (Å²) in [5.74, 6) is -1.17. The van der Waals surface area contributed by atoms with E-state index in [9.17, 15) is 14.4 Å². The number of hydrogen-bond acceptors (Lipinski definition) is 5. The highest BCUT2D eigenvalue weighted by Gasteiger charge is 2.26. The van der Waals surface area contributed by atoms with Crippen LogP contribution in [0.15, 0.2) is 24.3 Å². The maximum Gasteiger partial charge on any atom is 0.341 e. The van der Waals surface area contributed by atoms with Crippen LogP contribution in [0.1, 0.15) is 52.3 Å². The monoisotopic (exact) mass is 408 g/mol. The van der Waals surface area contributed by atoms with Crippen molar-refractivity contribution in [3.63, 3.8) is 0 Å². The molecular formula is C19H21ClN2O4S. The Balaban J connectivity index is 2.36. The topological polar surface area (TPSA) is 84.5 Å². The third kappa shape index (κ3) is 5.30. The minimum Gasteiger partial charge on any atom is -0.462 e. The van der Waals surface area contributed by atoms with Gasteiger partial charge in [0.05, 0.1) is 17.0 Å². The fourth-order valence-corrected chi connectivity index (χ4v) is 3.73. The highest BCUT2D eigenvalue weighted by Crippen LogP contribution is 2.34. The molecule has 0 atom stereocenters. The summed E-state index contributed by atoms with van der Waals surface area (Å²) < 4.78 is 5.09. The van der Waals surface area contributed by atoms with Crippen molar-refractivity contribution in [3.05, 3.63) is 45.3 Å². The number of amides is 2. The zero-order chi connectivity index (χ0) is 20.0. The molecule has 2 rings (SSSR count). The van der Waals surface area contributed by atoms with E-state index in [1.807, 2.05) is 6.92 Å². The van der Waals surface area contributed by atoms with E-state index in [2.05, 4.69) is 10.6 Å². The third-order valence-electron chi connectivity index (χ3n) is 3.65. The molecule has 0 bridgehead atoms. The minimum absolute atomic E-state index is 0.195. The van der Waals surface area contributed by atoms with E-state index in [4.69, 9.17) is 16.3 Å². The van der Waals surface area contributed by atoms with Gasteiger partial charge in [-0.05, 0) is 44.0 Å². The highest BCUT2D eigenvalue weighted by atomic mass is 35.5. The Kier molecular flexibility index (Phi) is 7.38. The van der Waals surface area contributed by atoms with Gasteiger partial charge in [-0.15, -0.1) is 11.3 Å². The molecule has 0 aliphatic rings. The summed E-state index contributed by atoms with van der Waals surface area (Å²) in [5.41, 5.74) is 1.21. The molecule has 1 aromatic heterocycles. The number of benzene rings is 1. The molecule has 0 unspecified atom stereocenters. The van der Waals surface area contributed by atoms with E-state index in [1.165, 1.54) is 0 Å². The number of esters is 1. The number of halogens is 1. The van der Waals surface area contributed by atoms with Crippen molar-refractivity contribution in [1.29, 1.82) is 0 Å². The molecule has 0 aliphatic heterocycles. The Labute approximate surface area is 166 Å². The number of hydrogen-bond donors (Lipinski definition) is 2. The van der Waals surface area contributed by atoms with E-state index < -0.39 is 5.97 Å². The maximum atomic E-state index is 12.7. The molecule has 27 heavy (non-hydrogen) atoms. The van der Waals surface area contributed by atoms with Crippen molar-refractivity contribution >= 4 is 51.4 Å². The number of carbonyl (C=O) groups is 3. The van der Waals surface area contributed by atoms with Crippen LogP contribution in [0.4, 0.5) is 10.7 Å². The lowest BCUT2D eigenvalue weighted by atomic mass is 10.1. The Hall–Kier alpha value is -2.38. The van der Waals surface area contributed by atoms with E-state index in [0.29, 0.717) is 39.0 Å². The molecule has 144 valence electrons. The normalized spacial score (nSPS) is 10.4. The largest absolute Gasteiger partial charge is 0.462 e. The van der Waals surface area contributed by atoms with Crippen LogP contribution in [0.25, 0.3) is 0 Å². The molecule has 2 amide bonds. The van der Waals surface area contributed by atoms with Crippen molar-refractivity contribution in [2.24, 2.45) is 0 Å². The van der Waals surface area contributed by atoms with E-state index in [0.717, 1.165) is 11.3 Å². The summed E-state index contributed by atoms with van der Waals surface area (Å²) in [7, 11) is 0. The van der Waals surface area contributed by atoms with Gasteiger partial charge in [0.25, 0.3) is 5.91 Å². The standard InChI is InChI=1S/C19H21ClN2O4S/c1-4-7-14(23)22-18-15(19(25)26-5-2)11(3)16(27-18)17(24)21-13-9-6-8-12(20)10-13/h6,8-10H,4-5,7H2,1-3H3,(H,21,24)(H,22,23). The predicted molar refractivity (Wildman–Crippen MR) is 108 cm³/mol. The molecule has 0 fully saturated rings. The first-order valence-electron chi connectivity index (χ1n) is 8.54. The molecule has 2 aromatic rings. The Morgan fingerprint density at radius 2 is 1.93 bits per heavy atom. The highest BCUT2D eigenvalue weighted by molar-refractivity contribution is 7.18. The molecule has 0 saturated carbocycles. The van der Waals surface area contributed by atoms with Crippen molar-refractivity contribution < 1.29 is 19.1 Å². The van der Waals surface area contributed by atoms with Crippen LogP contribution in [-0.2, 0) is 9.53 Å². The van der Waals surface area contributed by atoms with Gasteiger partial charge in [0, 0.05) is 17.1 Å². The summed E-state index contributed by atoms with van der Waals surface area (Å²) in [6.45, 7) is 5.43. The van der Waals surface area contributed by atoms with Crippen LogP contribution < -0.4 is 10.6 Å². The van der Waals surface area contributed by atoms with Crippen LogP contribution in [0.3, 0.4) is 0 Å². The molecule has 0 saturated heterocycles. The van der Waals surface area contributed by atoms with Crippen molar-refractivity contribution in [2.45, 2.75) is 33.6 Å². The summed E-state index contributed by atoms with van der Waals surface area (Å²) in [6.07, 6.45) is 0.996. The van der Waals surface area contributed by atoms with Crippen molar-refractivity contribution in [2.75, 3.05) is 17.2 Å². The Morgan fingerprint density at radius 3 is 2.56 bits per heavy atom. The summed E-state index contributed by atoms with van der Waals surface area (Å²) >= 11 is 6.99. The number of carbonyl (C=O) groups excluding carboxylic acids is 3. The van der Waals surface area contributed by atoms with E-state index in [1.54, 1.807) is 38.1 Å². The lowest BCUT2D eigenvalue weighted by molar-refractivity contribution is -0.116. The zero-order valence-electron chi connectivity index (χ0n) is 15.3. The Bertz CT molecular complexity index is 863. The number of nitrogens with one attached hydrogen (secondary N) is 2. The first kappa shape index (κ1) is 20.9. The van der Waals surface area contributed by atoms with Crippen LogP contribution >= 0.6 is 22.9 Å². The number of anilines is 2. The third-order valence-corrected chi connectivity index (χ3v) is 5.09. The number of ether oxygens (including phenoxy) is 1. The summed E-state index contributed by atoms with van der Waals surface area (Å²) in [4.78, 5) is 37.4. The van der Waals surface area contributed by atoms with Crippen molar-refractivity contribution in [3.8, 4) is 0 Å². The van der Waals surface area contributed by atoms with Crippen molar-refractivity contribution in [1.82, 2.24) is 0 Å². The maximum absolute atomic E-state index is 12.7. The summed E-state index contributed by atoms with van der Waals surface area (Å²) in [5, 5.41) is 6.29. The molecule has 1 aromatic carbocycles. The van der Waals surface area contributed by atoms with Crippen LogP contribution in [0, 0.1) is 6.92 Å². The number of rotatable bonds is 7. The second kappa shape index (κ2) is 9.53. The molecule has 0 aliphatic carbocycles. The number of thiophene rings is 1. The van der Waals surface area contributed by atoms with Gasteiger partial charge in [0.1, 0.15) is 5.00 Å². The average Bonchev–Trinajstić information content (AvgIpc) is 2.91. The second-order valence-electron chi connectivity index (χ2n) is 5.74. The van der Waals surface area contributed by atoms with Gasteiger partial charge in [-0.1, -0.05) is 24.6 Å². The van der Waals surface area contributed by atoms with Crippen LogP contribution in [-0.4, -0.2) is 24.4 Å². The van der Waals surface area contributed by atoms with Gasteiger partial charge in [0.2, 0.25) is 5.91 Å². The molecule has 6 nitrogen and oxygen atoms in total. The molecule has 0 radical (unpaired) electrons. The summed E-state index contributed by atoms with van der Waals surface area (Å²) in [6, 6.07) is 6.76. The molecule has 0 spiro atoms. The quantitative estimate of drug-likeness (QED) is 0.639. The van der Waals surface area contributed by atoms with Gasteiger partial charge in [0.15, 0.2) is 0 Å². The smallest absolute Gasteiger partial charge is 0.341 e. The first-order valence-corrected chi connectivity index (χ1v) is 9.74. The van der Waals surface area contributed by atoms with E-state index >= 15 is 0 Å². The van der Waals surface area contributed by atoms with Gasteiger partial charge in [-0.2, -0.15) is 0 Å². The van der Waals surface area contributed by atoms with Gasteiger partial charge in [-0.25, -0.2) is 4.79 Å². The fraction of sp³-hybridized carbons (Fsp3) is 0.316.